The van der Waals surface area contributed by atoms with E-state index in [0.29, 0.717) is 30.1 Å². The molecule has 17 heavy (non-hydrogen) atoms. The second-order valence-corrected chi connectivity index (χ2v) is 6.78. The highest BCUT2D eigenvalue weighted by atomic mass is 32.2. The van der Waals surface area contributed by atoms with Crippen LogP contribution >= 0.6 is 11.8 Å². The molecule has 1 fully saturated rings. The van der Waals surface area contributed by atoms with Gasteiger partial charge in [0, 0.05) is 18.2 Å². The molecule has 4 heteroatoms. The Kier molecular flexibility index (Phi) is 6.97. The summed E-state index contributed by atoms with van der Waals surface area (Å²) >= 11 is 1.98. The smallest absolute Gasteiger partial charge is 0.220 e. The van der Waals surface area contributed by atoms with Crippen LogP contribution in [-0.4, -0.2) is 30.0 Å². The molecule has 2 atom stereocenters. The third-order valence-electron chi connectivity index (χ3n) is 3.16. The van der Waals surface area contributed by atoms with Crippen molar-refractivity contribution in [3.05, 3.63) is 0 Å². The number of thioether (sulfide) groups is 1. The SMILES string of the molecule is CC(C)C[C@H](CN)CC(=O)NCC1CCCS1. The predicted octanol–water partition coefficient (Wildman–Crippen LogP) is 2.01. The second-order valence-electron chi connectivity index (χ2n) is 5.37. The summed E-state index contributed by atoms with van der Waals surface area (Å²) in [5.41, 5.74) is 5.70. The normalized spacial score (nSPS) is 21.8. The van der Waals surface area contributed by atoms with Crippen LogP contribution in [0.3, 0.4) is 0 Å². The molecule has 1 unspecified atom stereocenters. The highest BCUT2D eigenvalue weighted by Gasteiger charge is 2.18. The van der Waals surface area contributed by atoms with Crippen LogP contribution in [0.1, 0.15) is 39.5 Å². The van der Waals surface area contributed by atoms with Crippen LogP contribution in [0.4, 0.5) is 0 Å². The van der Waals surface area contributed by atoms with Gasteiger partial charge in [-0.2, -0.15) is 11.8 Å². The van der Waals surface area contributed by atoms with Crippen molar-refractivity contribution >= 4 is 17.7 Å². The first-order valence-corrected chi connectivity index (χ1v) is 7.75. The molecule has 3 nitrogen and oxygen atoms in total. The first kappa shape index (κ1) is 14.8. The van der Waals surface area contributed by atoms with Gasteiger partial charge in [-0.1, -0.05) is 13.8 Å². The van der Waals surface area contributed by atoms with Gasteiger partial charge >= 0.3 is 0 Å². The molecule has 0 aliphatic carbocycles. The molecule has 1 heterocycles. The third-order valence-corrected chi connectivity index (χ3v) is 4.56. The zero-order valence-corrected chi connectivity index (χ0v) is 11.9. The standard InChI is InChI=1S/C13H26N2OS/c1-10(2)6-11(8-14)7-13(16)15-9-12-4-3-5-17-12/h10-12H,3-9,14H2,1-2H3,(H,15,16)/t11-,12?/m0/s1. The van der Waals surface area contributed by atoms with E-state index in [1.54, 1.807) is 0 Å². The van der Waals surface area contributed by atoms with Crippen molar-refractivity contribution in [1.82, 2.24) is 5.32 Å². The van der Waals surface area contributed by atoms with Gasteiger partial charge < -0.3 is 11.1 Å². The van der Waals surface area contributed by atoms with E-state index in [9.17, 15) is 4.79 Å². The first-order chi connectivity index (χ1) is 8.11. The van der Waals surface area contributed by atoms with Gasteiger partial charge in [0.25, 0.3) is 0 Å². The lowest BCUT2D eigenvalue weighted by atomic mass is 9.94. The summed E-state index contributed by atoms with van der Waals surface area (Å²) in [5, 5.41) is 3.69. The molecule has 1 aliphatic heterocycles. The number of rotatable bonds is 7. The molecule has 0 saturated carbocycles. The molecule has 1 aliphatic rings. The van der Waals surface area contributed by atoms with Crippen molar-refractivity contribution < 1.29 is 4.79 Å². The van der Waals surface area contributed by atoms with Gasteiger partial charge in [-0.25, -0.2) is 0 Å². The van der Waals surface area contributed by atoms with Gasteiger partial charge in [0.05, 0.1) is 0 Å². The van der Waals surface area contributed by atoms with E-state index in [4.69, 9.17) is 5.73 Å². The number of carbonyl (C=O) groups excluding carboxylic acids is 1. The van der Waals surface area contributed by atoms with E-state index in [1.165, 1.54) is 18.6 Å². The zero-order chi connectivity index (χ0) is 12.7. The average molecular weight is 258 g/mol. The van der Waals surface area contributed by atoms with Crippen molar-refractivity contribution in [2.24, 2.45) is 17.6 Å². The van der Waals surface area contributed by atoms with E-state index < -0.39 is 0 Å². The summed E-state index contributed by atoms with van der Waals surface area (Å²) in [5.74, 6) is 2.38. The third kappa shape index (κ3) is 6.32. The van der Waals surface area contributed by atoms with E-state index in [-0.39, 0.29) is 5.91 Å². The molecule has 1 saturated heterocycles. The predicted molar refractivity (Wildman–Crippen MR) is 75.1 cm³/mol. The minimum Gasteiger partial charge on any atom is -0.355 e. The van der Waals surface area contributed by atoms with Crippen LogP contribution < -0.4 is 11.1 Å². The first-order valence-electron chi connectivity index (χ1n) is 6.70. The minimum absolute atomic E-state index is 0.175. The molecule has 100 valence electrons. The van der Waals surface area contributed by atoms with Gasteiger partial charge in [0.15, 0.2) is 0 Å². The Morgan fingerprint density at radius 1 is 1.53 bits per heavy atom. The van der Waals surface area contributed by atoms with Gasteiger partial charge in [0.1, 0.15) is 0 Å². The quantitative estimate of drug-likeness (QED) is 0.734. The summed E-state index contributed by atoms with van der Waals surface area (Å²) in [6.45, 7) is 5.80. The molecule has 1 rings (SSSR count). The average Bonchev–Trinajstić information content (AvgIpc) is 2.77. The van der Waals surface area contributed by atoms with Crippen LogP contribution in [0, 0.1) is 11.8 Å². The second kappa shape index (κ2) is 7.98. The lowest BCUT2D eigenvalue weighted by Crippen LogP contribution is -2.32. The topological polar surface area (TPSA) is 55.1 Å². The Labute approximate surface area is 109 Å². The molecule has 0 spiro atoms. The fourth-order valence-electron chi connectivity index (χ4n) is 2.30. The van der Waals surface area contributed by atoms with E-state index in [2.05, 4.69) is 19.2 Å². The van der Waals surface area contributed by atoms with Crippen LogP contribution in [0.5, 0.6) is 0 Å². The summed E-state index contributed by atoms with van der Waals surface area (Å²) < 4.78 is 0. The van der Waals surface area contributed by atoms with Gasteiger partial charge in [-0.3, -0.25) is 4.79 Å². The van der Waals surface area contributed by atoms with Crippen molar-refractivity contribution in [2.45, 2.75) is 44.8 Å². The molecule has 0 radical (unpaired) electrons. The fourth-order valence-corrected chi connectivity index (χ4v) is 3.50. The Bertz CT molecular complexity index is 227. The summed E-state index contributed by atoms with van der Waals surface area (Å²) in [6, 6.07) is 0. The highest BCUT2D eigenvalue weighted by Crippen LogP contribution is 2.25. The molecule has 0 bridgehead atoms. The summed E-state index contributed by atoms with van der Waals surface area (Å²) in [7, 11) is 0. The van der Waals surface area contributed by atoms with Crippen LogP contribution in [0.2, 0.25) is 0 Å². The zero-order valence-electron chi connectivity index (χ0n) is 11.1. The number of hydrogen-bond donors (Lipinski definition) is 2. The molecular weight excluding hydrogens is 232 g/mol. The molecule has 3 N–H and O–H groups in total. The van der Waals surface area contributed by atoms with Crippen LogP contribution in [0.15, 0.2) is 0 Å². The maximum Gasteiger partial charge on any atom is 0.220 e. The molecule has 1 amide bonds. The van der Waals surface area contributed by atoms with E-state index in [1.807, 2.05) is 11.8 Å². The maximum atomic E-state index is 11.8. The van der Waals surface area contributed by atoms with E-state index >= 15 is 0 Å². The van der Waals surface area contributed by atoms with Gasteiger partial charge in [-0.15, -0.1) is 0 Å². The van der Waals surface area contributed by atoms with Crippen LogP contribution in [-0.2, 0) is 4.79 Å². The fraction of sp³-hybridized carbons (Fsp3) is 0.923. The van der Waals surface area contributed by atoms with Crippen molar-refractivity contribution in [2.75, 3.05) is 18.8 Å². The monoisotopic (exact) mass is 258 g/mol. The number of carbonyl (C=O) groups is 1. The lowest BCUT2D eigenvalue weighted by Gasteiger charge is -2.17. The number of nitrogens with two attached hydrogens (primary N) is 1. The Morgan fingerprint density at radius 3 is 2.82 bits per heavy atom. The molecule has 0 aromatic heterocycles. The van der Waals surface area contributed by atoms with Gasteiger partial charge in [0.2, 0.25) is 5.91 Å². The number of hydrogen-bond acceptors (Lipinski definition) is 3. The van der Waals surface area contributed by atoms with E-state index in [0.717, 1.165) is 13.0 Å². The summed E-state index contributed by atoms with van der Waals surface area (Å²) in [6.07, 6.45) is 4.18. The number of amides is 1. The van der Waals surface area contributed by atoms with Crippen molar-refractivity contribution in [1.29, 1.82) is 0 Å². The lowest BCUT2D eigenvalue weighted by molar-refractivity contribution is -0.122. The summed E-state index contributed by atoms with van der Waals surface area (Å²) in [4.78, 5) is 11.8. The molecule has 0 aromatic rings. The van der Waals surface area contributed by atoms with Crippen molar-refractivity contribution in [3.8, 4) is 0 Å². The van der Waals surface area contributed by atoms with Crippen LogP contribution in [0.25, 0.3) is 0 Å². The van der Waals surface area contributed by atoms with Gasteiger partial charge in [-0.05, 0) is 43.4 Å². The minimum atomic E-state index is 0.175. The maximum absolute atomic E-state index is 11.8. The highest BCUT2D eigenvalue weighted by molar-refractivity contribution is 8.00. The largest absolute Gasteiger partial charge is 0.355 e. The Hall–Kier alpha value is -0.220. The molecule has 0 aromatic carbocycles. The number of nitrogens with one attached hydrogen (secondary N) is 1. The van der Waals surface area contributed by atoms with Crippen molar-refractivity contribution in [3.63, 3.8) is 0 Å². The Morgan fingerprint density at radius 2 is 2.29 bits per heavy atom. The molecular formula is C13H26N2OS. The Balaban J connectivity index is 2.17.